The number of para-hydroxylation sites is 1. The van der Waals surface area contributed by atoms with E-state index < -0.39 is 17.2 Å². The van der Waals surface area contributed by atoms with Crippen LogP contribution in [-0.4, -0.2) is 116 Å². The van der Waals surface area contributed by atoms with Crippen LogP contribution in [0.5, 0.6) is 11.5 Å². The maximum Gasteiger partial charge on any atom is 0.256 e. The number of carbonyl (C=O) groups excluding carboxylic acids is 2. The molecule has 12 nitrogen and oxygen atoms in total. The maximum atomic E-state index is 16.6. The van der Waals surface area contributed by atoms with Gasteiger partial charge in [-0.05, 0) is 70.6 Å². The monoisotopic (exact) mass is 765 g/mol. The van der Waals surface area contributed by atoms with Gasteiger partial charge in [0, 0.05) is 87.9 Å². The second-order valence-electron chi connectivity index (χ2n) is 15.6. The highest BCUT2D eigenvalue weighted by atomic mass is 19.1. The number of amides is 2. The van der Waals surface area contributed by atoms with Crippen molar-refractivity contribution in [3.8, 4) is 17.2 Å². The Morgan fingerprint density at radius 3 is 2.50 bits per heavy atom. The van der Waals surface area contributed by atoms with Gasteiger partial charge in [0.25, 0.3) is 5.91 Å². The Hall–Kier alpha value is -4.98. The number of fused-ring (bicyclic) bond motifs is 5. The van der Waals surface area contributed by atoms with Gasteiger partial charge in [0.1, 0.15) is 27.9 Å². The first-order valence-corrected chi connectivity index (χ1v) is 19.8. The van der Waals surface area contributed by atoms with E-state index in [9.17, 15) is 14.4 Å². The predicted molar refractivity (Wildman–Crippen MR) is 218 cm³/mol. The van der Waals surface area contributed by atoms with Crippen LogP contribution in [0.15, 0.2) is 57.9 Å². The molecule has 2 N–H and O–H groups in total. The van der Waals surface area contributed by atoms with Crippen LogP contribution in [0.4, 0.5) is 10.1 Å². The van der Waals surface area contributed by atoms with Crippen LogP contribution in [0.1, 0.15) is 56.3 Å². The van der Waals surface area contributed by atoms with Crippen LogP contribution in [0.2, 0.25) is 0 Å². The lowest BCUT2D eigenvalue weighted by Crippen LogP contribution is -2.45. The van der Waals surface area contributed by atoms with Gasteiger partial charge >= 0.3 is 0 Å². The molecule has 6 heterocycles. The Balaban J connectivity index is 0.00000441. The number of anilines is 1. The fourth-order valence-electron chi connectivity index (χ4n) is 8.77. The molecule has 5 aromatic rings. The minimum absolute atomic E-state index is 0. The molecule has 0 unspecified atom stereocenters. The average Bonchev–Trinajstić information content (AvgIpc) is 3.80. The number of pyridine rings is 1. The molecule has 4 aliphatic rings. The Morgan fingerprint density at radius 2 is 1.68 bits per heavy atom. The lowest BCUT2D eigenvalue weighted by Gasteiger charge is -2.32. The van der Waals surface area contributed by atoms with E-state index in [1.165, 1.54) is 25.3 Å². The van der Waals surface area contributed by atoms with Crippen LogP contribution in [0.25, 0.3) is 38.5 Å². The van der Waals surface area contributed by atoms with Crippen molar-refractivity contribution in [3.05, 3.63) is 70.3 Å². The number of hydrogen-bond acceptors (Lipinski definition) is 9. The third-order valence-corrected chi connectivity index (χ3v) is 11.9. The zero-order chi connectivity index (χ0) is 37.6. The highest BCUT2D eigenvalue weighted by Crippen LogP contribution is 2.49. The van der Waals surface area contributed by atoms with Crippen molar-refractivity contribution in [2.45, 2.75) is 52.0 Å². The molecule has 0 saturated carbocycles. The lowest BCUT2D eigenvalue weighted by atomic mass is 10.0. The molecule has 1 atom stereocenters. The molecular weight excluding hydrogens is 714 g/mol. The zero-order valence-corrected chi connectivity index (χ0v) is 31.4. The van der Waals surface area contributed by atoms with Crippen molar-refractivity contribution >= 4 is 50.3 Å². The van der Waals surface area contributed by atoms with Crippen molar-refractivity contribution in [2.24, 2.45) is 0 Å². The van der Waals surface area contributed by atoms with E-state index in [0.717, 1.165) is 69.6 Å². The molecule has 3 saturated heterocycles. The molecule has 4 aliphatic heterocycles. The number of piperazine rings is 1. The fourth-order valence-corrected chi connectivity index (χ4v) is 8.77. The molecule has 3 fully saturated rings. The number of likely N-dealkylation sites (N-methyl/N-ethyl adjacent to an activating group) is 1. The molecule has 0 radical (unpaired) electrons. The van der Waals surface area contributed by atoms with Gasteiger partial charge < -0.3 is 44.0 Å². The zero-order valence-electron chi connectivity index (χ0n) is 31.4. The molecule has 9 rings (SSSR count). The number of benzene rings is 3. The summed E-state index contributed by atoms with van der Waals surface area (Å²) in [6.45, 7) is 8.97. The number of nitrogens with zero attached hydrogens (tertiary/aromatic N) is 5. The standard InChI is InChI=1S/C42H48FN7O5.CH4/c1-46-18-20-48(21-19-46)15-7-12-44-42(53)31-26-50-33-24-35-29(28-8-3-4-9-34(28)54-35)23-36(33)55-41-38(50)30(40(31)52)22-32(43)39(41)49-17-10-27(25-49)45-37(51)11-16-47-13-5-2-6-14-47;/h3-4,8-9,22-24,26-27H,2,5-7,10-21,25H2,1H3,(H,44,53)(H,45,51);1H4/t27-;/m1./s1. The Labute approximate surface area is 326 Å². The van der Waals surface area contributed by atoms with Gasteiger partial charge in [0.15, 0.2) is 17.3 Å². The number of hydrogen-bond donors (Lipinski definition) is 2. The summed E-state index contributed by atoms with van der Waals surface area (Å²) < 4.78 is 31.2. The van der Waals surface area contributed by atoms with Crippen LogP contribution < -0.4 is 25.7 Å². The van der Waals surface area contributed by atoms with E-state index in [-0.39, 0.29) is 41.8 Å². The maximum absolute atomic E-state index is 16.6. The first kappa shape index (κ1) is 37.9. The van der Waals surface area contributed by atoms with Crippen molar-refractivity contribution in [2.75, 3.05) is 83.9 Å². The second kappa shape index (κ2) is 15.9. The van der Waals surface area contributed by atoms with Crippen molar-refractivity contribution in [1.29, 1.82) is 0 Å². The third-order valence-electron chi connectivity index (χ3n) is 11.9. The van der Waals surface area contributed by atoms with E-state index in [4.69, 9.17) is 9.15 Å². The van der Waals surface area contributed by atoms with Gasteiger partial charge in [-0.2, -0.15) is 0 Å². The molecule has 0 bridgehead atoms. The molecule has 2 amide bonds. The second-order valence-corrected chi connectivity index (χ2v) is 15.6. The molecule has 0 aliphatic carbocycles. The lowest BCUT2D eigenvalue weighted by molar-refractivity contribution is -0.122. The first-order valence-electron chi connectivity index (χ1n) is 19.8. The Morgan fingerprint density at radius 1 is 0.893 bits per heavy atom. The molecule has 3 aromatic carbocycles. The van der Waals surface area contributed by atoms with Gasteiger partial charge in [-0.25, -0.2) is 4.39 Å². The number of rotatable bonds is 10. The number of piperidine rings is 1. The molecule has 0 spiro atoms. The number of ether oxygens (including phenoxy) is 1. The highest BCUT2D eigenvalue weighted by molar-refractivity contribution is 6.07. The third kappa shape index (κ3) is 7.23. The summed E-state index contributed by atoms with van der Waals surface area (Å²) in [6.07, 6.45) is 6.97. The molecule has 13 heteroatoms. The fraction of sp³-hybridized carbons (Fsp3) is 0.465. The first-order chi connectivity index (χ1) is 26.8. The van der Waals surface area contributed by atoms with E-state index in [0.29, 0.717) is 60.6 Å². The number of aromatic nitrogens is 1. The average molecular weight is 766 g/mol. The highest BCUT2D eigenvalue weighted by Gasteiger charge is 2.34. The minimum Gasteiger partial charge on any atom is -0.456 e. The molecular formula is C43H52FN7O5. The Bertz CT molecular complexity index is 2340. The topological polar surface area (TPSA) is 116 Å². The summed E-state index contributed by atoms with van der Waals surface area (Å²) in [6, 6.07) is 12.5. The van der Waals surface area contributed by atoms with E-state index in [2.05, 4.69) is 32.4 Å². The van der Waals surface area contributed by atoms with Gasteiger partial charge in [-0.15, -0.1) is 0 Å². The molecule has 56 heavy (non-hydrogen) atoms. The normalized spacial score (nSPS) is 18.9. The predicted octanol–water partition coefficient (Wildman–Crippen LogP) is 5.71. The summed E-state index contributed by atoms with van der Waals surface area (Å²) in [5, 5.41) is 7.92. The van der Waals surface area contributed by atoms with Crippen LogP contribution in [0, 0.1) is 5.82 Å². The van der Waals surface area contributed by atoms with Gasteiger partial charge in [0.05, 0.1) is 11.1 Å². The number of furan rings is 1. The Kier molecular flexibility index (Phi) is 10.7. The minimum atomic E-state index is -0.619. The number of halogens is 1. The van der Waals surface area contributed by atoms with Crippen LogP contribution in [0.3, 0.4) is 0 Å². The number of carbonyl (C=O) groups is 2. The van der Waals surface area contributed by atoms with Crippen molar-refractivity contribution < 1.29 is 23.1 Å². The number of likely N-dealkylation sites (tertiary alicyclic amines) is 1. The van der Waals surface area contributed by atoms with E-state index in [1.54, 1.807) is 10.8 Å². The van der Waals surface area contributed by atoms with Crippen molar-refractivity contribution in [3.63, 3.8) is 0 Å². The summed E-state index contributed by atoms with van der Waals surface area (Å²) >= 11 is 0. The largest absolute Gasteiger partial charge is 0.456 e. The number of nitrogens with one attached hydrogen (secondary N) is 2. The van der Waals surface area contributed by atoms with Crippen molar-refractivity contribution in [1.82, 2.24) is 29.9 Å². The van der Waals surface area contributed by atoms with E-state index >= 15 is 4.39 Å². The quantitative estimate of drug-likeness (QED) is 0.169. The van der Waals surface area contributed by atoms with Gasteiger partial charge in [-0.1, -0.05) is 32.0 Å². The summed E-state index contributed by atoms with van der Waals surface area (Å²) in [5.74, 6) is -0.465. The summed E-state index contributed by atoms with van der Waals surface area (Å²) in [5.41, 5.74) is 1.88. The van der Waals surface area contributed by atoms with Gasteiger partial charge in [0.2, 0.25) is 11.3 Å². The SMILES string of the molecule is C.CN1CCN(CCCNC(=O)c2cn3c4c(c(N5CC[C@@H](NC(=O)CCN6CCCCC6)C5)c(F)cc4c2=O)Oc2cc4c(cc2-3)oc2ccccc24)CC1. The smallest absolute Gasteiger partial charge is 0.256 e. The van der Waals surface area contributed by atoms with Crippen LogP contribution >= 0.6 is 0 Å². The van der Waals surface area contributed by atoms with Gasteiger partial charge in [-0.3, -0.25) is 14.4 Å². The molecule has 296 valence electrons. The summed E-state index contributed by atoms with van der Waals surface area (Å²) in [7, 11) is 2.12. The summed E-state index contributed by atoms with van der Waals surface area (Å²) in [4.78, 5) is 49.7. The van der Waals surface area contributed by atoms with Crippen LogP contribution in [-0.2, 0) is 4.79 Å². The molecule has 2 aromatic heterocycles. The van der Waals surface area contributed by atoms with E-state index in [1.807, 2.05) is 41.3 Å².